The minimum Gasteiger partial charge on any atom is -0.465 e. The van der Waals surface area contributed by atoms with Crippen LogP contribution in [0.2, 0.25) is 0 Å². The molecule has 0 aliphatic carbocycles. The first-order valence-corrected chi connectivity index (χ1v) is 14.4. The van der Waals surface area contributed by atoms with E-state index in [1.165, 1.54) is 39.9 Å². The molecule has 1 aliphatic rings. The largest absolute Gasteiger partial charge is 0.465 e. The Morgan fingerprint density at radius 3 is 2.39 bits per heavy atom. The molecule has 0 bridgehead atoms. The van der Waals surface area contributed by atoms with E-state index in [0.717, 1.165) is 35.0 Å². The predicted molar refractivity (Wildman–Crippen MR) is 139 cm³/mol. The zero-order valence-electron chi connectivity index (χ0n) is 20.8. The number of amides is 1. The fourth-order valence-corrected chi connectivity index (χ4v) is 6.79. The van der Waals surface area contributed by atoms with Crippen LogP contribution in [0.15, 0.2) is 52.4 Å². The Bertz CT molecular complexity index is 1430. The number of piperidine rings is 1. The number of benzene rings is 2. The Kier molecular flexibility index (Phi) is 8.07. The maximum Gasteiger partial charge on any atom is 0.326 e. The second kappa shape index (κ2) is 11.1. The molecule has 8 nitrogen and oxygen atoms in total. The molecule has 1 fully saturated rings. The summed E-state index contributed by atoms with van der Waals surface area (Å²) in [5.74, 6) is -0.590. The van der Waals surface area contributed by atoms with Gasteiger partial charge in [-0.2, -0.15) is 9.30 Å². The van der Waals surface area contributed by atoms with E-state index in [0.29, 0.717) is 23.8 Å². The Hall–Kier alpha value is -2.82. The molecule has 1 saturated heterocycles. The monoisotopic (exact) mass is 529 g/mol. The number of thiazole rings is 1. The van der Waals surface area contributed by atoms with Gasteiger partial charge < -0.3 is 9.30 Å². The molecule has 3 aromatic rings. The molecule has 1 aromatic heterocycles. The number of fused-ring (bicyclic) bond motifs is 1. The smallest absolute Gasteiger partial charge is 0.326 e. The summed E-state index contributed by atoms with van der Waals surface area (Å²) in [5.41, 5.74) is 2.22. The SMILES string of the molecule is CCOC(=O)Cn1c(=NC(=O)c2ccc(S(=O)(=O)N3CCCCC3)cc2)sc2cc(C(C)C)ccc21. The summed E-state index contributed by atoms with van der Waals surface area (Å²) in [7, 11) is -3.58. The Balaban J connectivity index is 1.68. The van der Waals surface area contributed by atoms with Crippen molar-refractivity contribution in [1.82, 2.24) is 8.87 Å². The molecule has 10 heteroatoms. The molecule has 2 aromatic carbocycles. The first-order chi connectivity index (χ1) is 17.2. The molecule has 0 saturated carbocycles. The zero-order valence-corrected chi connectivity index (χ0v) is 22.4. The lowest BCUT2D eigenvalue weighted by Gasteiger charge is -2.25. The van der Waals surface area contributed by atoms with Crippen LogP contribution in [0, 0.1) is 0 Å². The lowest BCUT2D eigenvalue weighted by Crippen LogP contribution is -2.35. The van der Waals surface area contributed by atoms with Gasteiger partial charge in [-0.25, -0.2) is 8.42 Å². The van der Waals surface area contributed by atoms with E-state index >= 15 is 0 Å². The summed E-state index contributed by atoms with van der Waals surface area (Å²) in [4.78, 5) is 30.2. The minimum absolute atomic E-state index is 0.0615. The van der Waals surface area contributed by atoms with Crippen molar-refractivity contribution in [3.63, 3.8) is 0 Å². The average molecular weight is 530 g/mol. The van der Waals surface area contributed by atoms with Gasteiger partial charge in [0.2, 0.25) is 10.0 Å². The standard InChI is InChI=1S/C26H31N3O5S2/c1-4-34-24(30)17-29-22-13-10-20(18(2)3)16-23(22)35-26(29)27-25(31)19-8-11-21(12-9-19)36(32,33)28-14-6-5-7-15-28/h8-13,16,18H,4-7,14-15,17H2,1-3H3. The number of aromatic nitrogens is 1. The third-order valence-electron chi connectivity index (χ3n) is 6.22. The van der Waals surface area contributed by atoms with Gasteiger partial charge in [-0.05, 0) is 67.6 Å². The molecule has 0 spiro atoms. The minimum atomic E-state index is -3.58. The van der Waals surface area contributed by atoms with Crippen LogP contribution in [0.5, 0.6) is 0 Å². The molecule has 36 heavy (non-hydrogen) atoms. The molecular formula is C26H31N3O5S2. The van der Waals surface area contributed by atoms with Gasteiger partial charge in [0.1, 0.15) is 6.54 Å². The van der Waals surface area contributed by atoms with E-state index < -0.39 is 21.9 Å². The Morgan fingerprint density at radius 2 is 1.75 bits per heavy atom. The second-order valence-electron chi connectivity index (χ2n) is 9.06. The van der Waals surface area contributed by atoms with Crippen molar-refractivity contribution in [1.29, 1.82) is 0 Å². The van der Waals surface area contributed by atoms with Crippen LogP contribution in [0.3, 0.4) is 0 Å². The molecular weight excluding hydrogens is 498 g/mol. The summed E-state index contributed by atoms with van der Waals surface area (Å²) in [6.07, 6.45) is 2.75. The number of hydrogen-bond donors (Lipinski definition) is 0. The number of rotatable bonds is 7. The van der Waals surface area contributed by atoms with Crippen LogP contribution in [-0.4, -0.2) is 48.9 Å². The number of carbonyl (C=O) groups excluding carboxylic acids is 2. The van der Waals surface area contributed by atoms with Crippen molar-refractivity contribution in [2.24, 2.45) is 4.99 Å². The number of nitrogens with zero attached hydrogens (tertiary/aromatic N) is 3. The summed E-state index contributed by atoms with van der Waals surface area (Å²) in [6, 6.07) is 11.9. The number of ether oxygens (including phenoxy) is 1. The van der Waals surface area contributed by atoms with Gasteiger partial charge in [-0.1, -0.05) is 37.7 Å². The number of esters is 1. The summed E-state index contributed by atoms with van der Waals surface area (Å²) >= 11 is 1.33. The van der Waals surface area contributed by atoms with Crippen molar-refractivity contribution in [3.05, 3.63) is 58.4 Å². The first kappa shape index (κ1) is 26.2. The lowest BCUT2D eigenvalue weighted by atomic mass is 10.0. The van der Waals surface area contributed by atoms with Crippen LogP contribution in [0.4, 0.5) is 0 Å². The highest BCUT2D eigenvalue weighted by Gasteiger charge is 2.26. The highest BCUT2D eigenvalue weighted by atomic mass is 32.2. The van der Waals surface area contributed by atoms with E-state index in [4.69, 9.17) is 4.74 Å². The van der Waals surface area contributed by atoms with E-state index in [-0.39, 0.29) is 23.6 Å². The first-order valence-electron chi connectivity index (χ1n) is 12.2. The van der Waals surface area contributed by atoms with Crippen LogP contribution >= 0.6 is 11.3 Å². The predicted octanol–water partition coefficient (Wildman–Crippen LogP) is 4.31. The number of hydrogen-bond acceptors (Lipinski definition) is 6. The van der Waals surface area contributed by atoms with Gasteiger partial charge >= 0.3 is 5.97 Å². The maximum absolute atomic E-state index is 13.0. The topological polar surface area (TPSA) is 98.0 Å². The highest BCUT2D eigenvalue weighted by molar-refractivity contribution is 7.89. The maximum atomic E-state index is 13.0. The quantitative estimate of drug-likeness (QED) is 0.425. The van der Waals surface area contributed by atoms with Crippen molar-refractivity contribution in [3.8, 4) is 0 Å². The second-order valence-corrected chi connectivity index (χ2v) is 12.0. The Morgan fingerprint density at radius 1 is 1.06 bits per heavy atom. The van der Waals surface area contributed by atoms with Crippen molar-refractivity contribution < 1.29 is 22.7 Å². The molecule has 0 radical (unpaired) electrons. The molecule has 1 amide bonds. The van der Waals surface area contributed by atoms with Crippen LogP contribution in [0.25, 0.3) is 10.2 Å². The summed E-state index contributed by atoms with van der Waals surface area (Å²) < 4.78 is 35.0. The molecule has 2 heterocycles. The average Bonchev–Trinajstić information content (AvgIpc) is 3.20. The molecule has 0 atom stereocenters. The zero-order chi connectivity index (χ0) is 25.9. The van der Waals surface area contributed by atoms with Crippen molar-refractivity contribution in [2.75, 3.05) is 19.7 Å². The van der Waals surface area contributed by atoms with Crippen LogP contribution < -0.4 is 4.80 Å². The van der Waals surface area contributed by atoms with E-state index in [9.17, 15) is 18.0 Å². The van der Waals surface area contributed by atoms with Crippen LogP contribution in [0.1, 0.15) is 61.9 Å². The molecule has 0 N–H and O–H groups in total. The van der Waals surface area contributed by atoms with Gasteiger partial charge in [0.05, 0.1) is 21.7 Å². The molecule has 0 unspecified atom stereocenters. The van der Waals surface area contributed by atoms with Gasteiger partial charge in [-0.15, -0.1) is 0 Å². The fourth-order valence-electron chi connectivity index (χ4n) is 4.20. The molecule has 1 aliphatic heterocycles. The lowest BCUT2D eigenvalue weighted by molar-refractivity contribution is -0.143. The van der Waals surface area contributed by atoms with Crippen molar-refractivity contribution >= 4 is 43.5 Å². The fraction of sp³-hybridized carbons (Fsp3) is 0.423. The number of sulfonamides is 1. The van der Waals surface area contributed by atoms with Crippen LogP contribution in [-0.2, 0) is 26.1 Å². The summed E-state index contributed by atoms with van der Waals surface area (Å²) in [6.45, 7) is 7.18. The number of carbonyl (C=O) groups is 2. The van der Waals surface area contributed by atoms with Gasteiger partial charge in [0.15, 0.2) is 4.80 Å². The van der Waals surface area contributed by atoms with Crippen molar-refractivity contribution in [2.45, 2.75) is 57.4 Å². The van der Waals surface area contributed by atoms with E-state index in [2.05, 4.69) is 24.9 Å². The third-order valence-corrected chi connectivity index (χ3v) is 9.17. The summed E-state index contributed by atoms with van der Waals surface area (Å²) in [5, 5.41) is 0. The van der Waals surface area contributed by atoms with E-state index in [1.54, 1.807) is 11.5 Å². The van der Waals surface area contributed by atoms with E-state index in [1.807, 2.05) is 12.1 Å². The third kappa shape index (κ3) is 5.61. The highest BCUT2D eigenvalue weighted by Crippen LogP contribution is 2.24. The van der Waals surface area contributed by atoms with Gasteiger partial charge in [0, 0.05) is 18.7 Å². The Labute approximate surface area is 215 Å². The molecule has 192 valence electrons. The van der Waals surface area contributed by atoms with Gasteiger partial charge in [-0.3, -0.25) is 9.59 Å². The molecule has 4 rings (SSSR count). The normalized spacial score (nSPS) is 15.5. The van der Waals surface area contributed by atoms with Gasteiger partial charge in [0.25, 0.3) is 5.91 Å².